The molecule has 0 aromatic carbocycles. The van der Waals surface area contributed by atoms with Gasteiger partial charge < -0.3 is 15.4 Å². The van der Waals surface area contributed by atoms with E-state index in [4.69, 9.17) is 4.74 Å². The number of carbonyl (C=O) groups excluding carboxylic acids is 1. The molecule has 0 unspecified atom stereocenters. The summed E-state index contributed by atoms with van der Waals surface area (Å²) in [4.78, 5) is 17.3. The molecular formula is C17H29N3O2. The van der Waals surface area contributed by atoms with Crippen molar-refractivity contribution in [3.63, 3.8) is 0 Å². The molecule has 1 saturated heterocycles. The second kappa shape index (κ2) is 6.41. The summed E-state index contributed by atoms with van der Waals surface area (Å²) in [6.07, 6.45) is 5.18. The second-order valence-electron chi connectivity index (χ2n) is 7.78. The van der Waals surface area contributed by atoms with Gasteiger partial charge in [-0.1, -0.05) is 13.8 Å². The average molecular weight is 307 g/mol. The minimum atomic E-state index is -0.588. The third-order valence-corrected chi connectivity index (χ3v) is 4.02. The van der Waals surface area contributed by atoms with E-state index in [1.165, 1.54) is 0 Å². The maximum absolute atomic E-state index is 12.8. The summed E-state index contributed by atoms with van der Waals surface area (Å²) in [5.41, 5.74) is 0.0627. The molecule has 2 aliphatic heterocycles. The Morgan fingerprint density at radius 2 is 2.23 bits per heavy atom. The van der Waals surface area contributed by atoms with Gasteiger partial charge in [-0.2, -0.15) is 0 Å². The van der Waals surface area contributed by atoms with E-state index in [0.717, 1.165) is 31.6 Å². The number of nitrogens with zero attached hydrogens (tertiary/aromatic N) is 1. The Labute approximate surface area is 133 Å². The molecule has 0 aliphatic carbocycles. The Morgan fingerprint density at radius 3 is 2.77 bits per heavy atom. The van der Waals surface area contributed by atoms with Crippen molar-refractivity contribution in [3.8, 4) is 0 Å². The number of esters is 1. The first kappa shape index (κ1) is 17.0. The fraction of sp³-hybridized carbons (Fsp3) is 0.765. The fourth-order valence-corrected chi connectivity index (χ4v) is 3.23. The summed E-state index contributed by atoms with van der Waals surface area (Å²) < 4.78 is 5.69. The third-order valence-electron chi connectivity index (χ3n) is 4.02. The molecule has 2 atom stereocenters. The number of nitrogens with one attached hydrogen (secondary N) is 2. The standard InChI is InChI=1S/C17H29N3O2/c1-12(2)8-17(15(21)22-16(3,4)5)9-13(10-20-17)14-11-18-6-7-19-14/h6-7,12-13,18,20H,8-11H2,1-5H3/t13-,17-/m0/s1. The first-order valence-corrected chi connectivity index (χ1v) is 8.15. The number of carbonyl (C=O) groups is 1. The smallest absolute Gasteiger partial charge is 0.326 e. The van der Waals surface area contributed by atoms with Crippen molar-refractivity contribution in [1.82, 2.24) is 10.6 Å². The van der Waals surface area contributed by atoms with Crippen LogP contribution in [-0.4, -0.2) is 35.9 Å². The monoisotopic (exact) mass is 307 g/mol. The highest BCUT2D eigenvalue weighted by Gasteiger charge is 2.48. The van der Waals surface area contributed by atoms with Crippen molar-refractivity contribution < 1.29 is 9.53 Å². The van der Waals surface area contributed by atoms with Crippen LogP contribution in [0.15, 0.2) is 17.4 Å². The summed E-state index contributed by atoms with van der Waals surface area (Å²) in [5.74, 6) is 0.574. The normalized spacial score (nSPS) is 28.5. The van der Waals surface area contributed by atoms with Gasteiger partial charge in [-0.3, -0.25) is 9.79 Å². The highest BCUT2D eigenvalue weighted by molar-refractivity contribution is 5.92. The van der Waals surface area contributed by atoms with Crippen LogP contribution in [0.2, 0.25) is 0 Å². The van der Waals surface area contributed by atoms with Gasteiger partial charge in [0.2, 0.25) is 0 Å². The van der Waals surface area contributed by atoms with E-state index in [0.29, 0.717) is 5.92 Å². The number of rotatable bonds is 4. The van der Waals surface area contributed by atoms with Crippen molar-refractivity contribution >= 4 is 11.7 Å². The molecule has 5 nitrogen and oxygen atoms in total. The Morgan fingerprint density at radius 1 is 1.50 bits per heavy atom. The van der Waals surface area contributed by atoms with Crippen LogP contribution in [0.4, 0.5) is 0 Å². The highest BCUT2D eigenvalue weighted by atomic mass is 16.6. The number of aliphatic imine (C=N–C) groups is 1. The maximum Gasteiger partial charge on any atom is 0.326 e. The van der Waals surface area contributed by atoms with E-state index >= 15 is 0 Å². The van der Waals surface area contributed by atoms with E-state index in [1.807, 2.05) is 27.0 Å². The van der Waals surface area contributed by atoms with Gasteiger partial charge in [0, 0.05) is 30.6 Å². The van der Waals surface area contributed by atoms with Crippen molar-refractivity contribution in [3.05, 3.63) is 12.4 Å². The molecule has 22 heavy (non-hydrogen) atoms. The van der Waals surface area contributed by atoms with Crippen LogP contribution in [0.1, 0.15) is 47.5 Å². The molecule has 0 spiro atoms. The van der Waals surface area contributed by atoms with Gasteiger partial charge in [0.25, 0.3) is 0 Å². The fourth-order valence-electron chi connectivity index (χ4n) is 3.23. The molecule has 124 valence electrons. The quantitative estimate of drug-likeness (QED) is 0.782. The molecule has 0 aromatic rings. The van der Waals surface area contributed by atoms with Crippen molar-refractivity contribution in [1.29, 1.82) is 0 Å². The molecule has 2 heterocycles. The minimum absolute atomic E-state index is 0.129. The number of hydrogen-bond acceptors (Lipinski definition) is 5. The van der Waals surface area contributed by atoms with Gasteiger partial charge in [0.15, 0.2) is 0 Å². The summed E-state index contributed by atoms with van der Waals surface area (Å²) in [6.45, 7) is 11.6. The summed E-state index contributed by atoms with van der Waals surface area (Å²) in [7, 11) is 0. The average Bonchev–Trinajstić information content (AvgIpc) is 2.82. The first-order chi connectivity index (χ1) is 10.2. The lowest BCUT2D eigenvalue weighted by atomic mass is 9.83. The zero-order valence-corrected chi connectivity index (χ0v) is 14.4. The van der Waals surface area contributed by atoms with Gasteiger partial charge in [-0.25, -0.2) is 0 Å². The molecule has 0 saturated carbocycles. The Balaban J connectivity index is 2.15. The van der Waals surface area contributed by atoms with Crippen molar-refractivity contribution in [2.75, 3.05) is 13.1 Å². The lowest BCUT2D eigenvalue weighted by Crippen LogP contribution is -2.51. The Hall–Kier alpha value is -1.36. The third kappa shape index (κ3) is 4.09. The number of hydrogen-bond donors (Lipinski definition) is 2. The Kier molecular flexibility index (Phi) is 4.95. The molecular weight excluding hydrogens is 278 g/mol. The molecule has 2 N–H and O–H groups in total. The summed E-state index contributed by atoms with van der Waals surface area (Å²) in [6, 6.07) is 0. The molecule has 2 rings (SSSR count). The SMILES string of the molecule is CC(C)C[C@@]1(C(=O)OC(C)(C)C)C[C@H](C2=NC=CNC2)CN1. The van der Waals surface area contributed by atoms with E-state index in [1.54, 1.807) is 6.20 Å². The zero-order valence-electron chi connectivity index (χ0n) is 14.4. The largest absolute Gasteiger partial charge is 0.459 e. The zero-order chi connectivity index (χ0) is 16.4. The van der Waals surface area contributed by atoms with E-state index in [2.05, 4.69) is 29.5 Å². The Bertz CT molecular complexity index is 477. The van der Waals surface area contributed by atoms with Gasteiger partial charge in [-0.05, 0) is 39.5 Å². The molecule has 0 bridgehead atoms. The maximum atomic E-state index is 12.8. The van der Waals surface area contributed by atoms with Crippen LogP contribution >= 0.6 is 0 Å². The topological polar surface area (TPSA) is 62.7 Å². The van der Waals surface area contributed by atoms with Gasteiger partial charge in [-0.15, -0.1) is 0 Å². The molecule has 0 aromatic heterocycles. The van der Waals surface area contributed by atoms with Crippen LogP contribution in [0, 0.1) is 11.8 Å². The molecule has 5 heteroatoms. The number of ether oxygens (including phenoxy) is 1. The lowest BCUT2D eigenvalue weighted by Gasteiger charge is -2.33. The minimum Gasteiger partial charge on any atom is -0.459 e. The molecule has 1 fully saturated rings. The van der Waals surface area contributed by atoms with Crippen LogP contribution in [0.5, 0.6) is 0 Å². The molecule has 0 radical (unpaired) electrons. The summed E-state index contributed by atoms with van der Waals surface area (Å²) in [5, 5.41) is 6.66. The van der Waals surface area contributed by atoms with Gasteiger partial charge in [0.1, 0.15) is 11.1 Å². The van der Waals surface area contributed by atoms with Gasteiger partial charge in [0.05, 0.1) is 6.54 Å². The van der Waals surface area contributed by atoms with Crippen LogP contribution < -0.4 is 10.6 Å². The van der Waals surface area contributed by atoms with E-state index in [-0.39, 0.29) is 11.9 Å². The van der Waals surface area contributed by atoms with Crippen molar-refractivity contribution in [2.24, 2.45) is 16.8 Å². The lowest BCUT2D eigenvalue weighted by molar-refractivity contribution is -0.163. The van der Waals surface area contributed by atoms with E-state index < -0.39 is 11.1 Å². The van der Waals surface area contributed by atoms with Gasteiger partial charge >= 0.3 is 5.97 Å². The molecule has 0 amide bonds. The van der Waals surface area contributed by atoms with Crippen molar-refractivity contribution in [2.45, 2.75) is 58.6 Å². The molecule has 2 aliphatic rings. The predicted octanol–water partition coefficient (Wildman–Crippen LogP) is 2.24. The highest BCUT2D eigenvalue weighted by Crippen LogP contribution is 2.33. The van der Waals surface area contributed by atoms with Crippen LogP contribution in [0.3, 0.4) is 0 Å². The van der Waals surface area contributed by atoms with Crippen LogP contribution in [0.25, 0.3) is 0 Å². The second-order valence-corrected chi connectivity index (χ2v) is 7.78. The van der Waals surface area contributed by atoms with E-state index in [9.17, 15) is 4.79 Å². The van der Waals surface area contributed by atoms with Crippen LogP contribution in [-0.2, 0) is 9.53 Å². The first-order valence-electron chi connectivity index (χ1n) is 8.15. The summed E-state index contributed by atoms with van der Waals surface area (Å²) >= 11 is 0. The predicted molar refractivity (Wildman–Crippen MR) is 88.7 cm³/mol.